The summed E-state index contributed by atoms with van der Waals surface area (Å²) in [6.07, 6.45) is 4.54. The van der Waals surface area contributed by atoms with Crippen LogP contribution < -0.4 is 10.1 Å². The Morgan fingerprint density at radius 3 is 2.72 bits per heavy atom. The van der Waals surface area contributed by atoms with Gasteiger partial charge in [-0.15, -0.1) is 0 Å². The summed E-state index contributed by atoms with van der Waals surface area (Å²) in [6.45, 7) is 4.08. The van der Waals surface area contributed by atoms with Crippen LogP contribution in [0.2, 0.25) is 0 Å². The summed E-state index contributed by atoms with van der Waals surface area (Å²) in [5.41, 5.74) is 5.09. The first kappa shape index (κ1) is 18.6. The highest BCUT2D eigenvalue weighted by molar-refractivity contribution is 6.03. The predicted octanol–water partition coefficient (Wildman–Crippen LogP) is 5.37. The van der Waals surface area contributed by atoms with Crippen molar-refractivity contribution in [2.45, 2.75) is 13.8 Å². The number of fused-ring (bicyclic) bond motifs is 1. The third kappa shape index (κ3) is 3.91. The molecule has 1 amide bonds. The number of furan rings is 1. The topological polar surface area (TPSA) is 77.5 Å². The zero-order chi connectivity index (χ0) is 20.4. The zero-order valence-corrected chi connectivity index (χ0v) is 16.4. The van der Waals surface area contributed by atoms with E-state index in [9.17, 15) is 4.79 Å². The molecule has 0 unspecified atom stereocenters. The number of rotatable bonds is 5. The molecule has 0 aliphatic rings. The number of oxazole rings is 1. The molecule has 4 aromatic rings. The lowest BCUT2D eigenvalue weighted by Crippen LogP contribution is -2.09. The minimum absolute atomic E-state index is 0.305. The Hall–Kier alpha value is -3.80. The molecule has 0 radical (unpaired) electrons. The van der Waals surface area contributed by atoms with Crippen molar-refractivity contribution in [3.63, 3.8) is 0 Å². The van der Waals surface area contributed by atoms with Crippen LogP contribution in [0.1, 0.15) is 16.9 Å². The van der Waals surface area contributed by atoms with Crippen LogP contribution in [0.25, 0.3) is 28.6 Å². The second-order valence-electron chi connectivity index (χ2n) is 6.68. The Labute approximate surface area is 167 Å². The number of hydrogen-bond acceptors (Lipinski definition) is 5. The van der Waals surface area contributed by atoms with Crippen molar-refractivity contribution in [2.24, 2.45) is 0 Å². The molecule has 2 heterocycles. The molecular weight excluding hydrogens is 368 g/mol. The summed E-state index contributed by atoms with van der Waals surface area (Å²) < 4.78 is 16.5. The van der Waals surface area contributed by atoms with Crippen molar-refractivity contribution in [2.75, 3.05) is 12.4 Å². The molecule has 0 fully saturated rings. The molecule has 6 nitrogen and oxygen atoms in total. The molecule has 6 heteroatoms. The highest BCUT2D eigenvalue weighted by atomic mass is 16.5. The van der Waals surface area contributed by atoms with Gasteiger partial charge in [-0.3, -0.25) is 4.79 Å². The lowest BCUT2D eigenvalue weighted by Gasteiger charge is -2.10. The standard InChI is InChI=1S/C23H20N2O4/c1-14-11-18-21(12-15(14)2)29-23(25-18)16-6-8-20(27-3)19(13-16)24-22(26)9-7-17-5-4-10-28-17/h4-13H,1-3H3,(H,24,26). The van der Waals surface area contributed by atoms with Gasteiger partial charge in [-0.25, -0.2) is 4.98 Å². The van der Waals surface area contributed by atoms with Crippen molar-refractivity contribution >= 4 is 28.8 Å². The number of benzene rings is 2. The molecule has 0 atom stereocenters. The quantitative estimate of drug-likeness (QED) is 0.465. The van der Waals surface area contributed by atoms with Gasteiger partial charge >= 0.3 is 0 Å². The van der Waals surface area contributed by atoms with E-state index >= 15 is 0 Å². The van der Waals surface area contributed by atoms with Crippen molar-refractivity contribution in [3.05, 3.63) is 71.7 Å². The summed E-state index contributed by atoms with van der Waals surface area (Å²) >= 11 is 0. The molecule has 146 valence electrons. The van der Waals surface area contributed by atoms with Gasteiger partial charge < -0.3 is 18.9 Å². The van der Waals surface area contributed by atoms with Gasteiger partial charge in [-0.05, 0) is 73.5 Å². The van der Waals surface area contributed by atoms with E-state index in [1.54, 1.807) is 43.7 Å². The molecule has 4 rings (SSSR count). The summed E-state index contributed by atoms with van der Waals surface area (Å²) in [6, 6.07) is 12.9. The molecule has 2 aromatic heterocycles. The van der Waals surface area contributed by atoms with Crippen LogP contribution in [0.3, 0.4) is 0 Å². The van der Waals surface area contributed by atoms with E-state index in [2.05, 4.69) is 10.3 Å². The number of hydrogen-bond donors (Lipinski definition) is 1. The van der Waals surface area contributed by atoms with Gasteiger partial charge in [0.05, 0.1) is 19.1 Å². The van der Waals surface area contributed by atoms with Gasteiger partial charge in [-0.1, -0.05) is 0 Å². The van der Waals surface area contributed by atoms with Gasteiger partial charge in [0.15, 0.2) is 5.58 Å². The molecular formula is C23H20N2O4. The smallest absolute Gasteiger partial charge is 0.248 e. The number of amides is 1. The van der Waals surface area contributed by atoms with Gasteiger partial charge in [-0.2, -0.15) is 0 Å². The SMILES string of the molecule is COc1ccc(-c2nc3cc(C)c(C)cc3o2)cc1NC(=O)C=Cc1ccco1. The molecule has 0 spiro atoms. The molecule has 29 heavy (non-hydrogen) atoms. The molecule has 1 N–H and O–H groups in total. The molecule has 0 saturated carbocycles. The molecule has 0 saturated heterocycles. The highest BCUT2D eigenvalue weighted by Gasteiger charge is 2.13. The van der Waals surface area contributed by atoms with Gasteiger partial charge in [0.2, 0.25) is 11.8 Å². The Balaban J connectivity index is 1.63. The van der Waals surface area contributed by atoms with Crippen LogP contribution in [0.15, 0.2) is 63.6 Å². The molecule has 0 aliphatic heterocycles. The Morgan fingerprint density at radius 1 is 1.14 bits per heavy atom. The fourth-order valence-electron chi connectivity index (χ4n) is 2.96. The largest absolute Gasteiger partial charge is 0.495 e. The maximum Gasteiger partial charge on any atom is 0.248 e. The fraction of sp³-hybridized carbons (Fsp3) is 0.130. The summed E-state index contributed by atoms with van der Waals surface area (Å²) in [5.74, 6) is 1.31. The molecule has 2 aromatic carbocycles. The highest BCUT2D eigenvalue weighted by Crippen LogP contribution is 2.32. The molecule has 0 aliphatic carbocycles. The monoisotopic (exact) mass is 388 g/mol. The van der Waals surface area contributed by atoms with Crippen molar-refractivity contribution in [1.82, 2.24) is 4.98 Å². The molecule has 0 bridgehead atoms. The third-order valence-electron chi connectivity index (χ3n) is 4.65. The first-order chi connectivity index (χ1) is 14.0. The van der Waals surface area contributed by atoms with E-state index in [0.717, 1.165) is 27.8 Å². The van der Waals surface area contributed by atoms with E-state index in [1.165, 1.54) is 6.08 Å². The van der Waals surface area contributed by atoms with Crippen molar-refractivity contribution < 1.29 is 18.4 Å². The average Bonchev–Trinajstić information content (AvgIpc) is 3.36. The number of aromatic nitrogens is 1. The van der Waals surface area contributed by atoms with Gasteiger partial charge in [0, 0.05) is 11.6 Å². The minimum Gasteiger partial charge on any atom is -0.495 e. The lowest BCUT2D eigenvalue weighted by molar-refractivity contribution is -0.111. The minimum atomic E-state index is -0.305. The second-order valence-corrected chi connectivity index (χ2v) is 6.68. The maximum absolute atomic E-state index is 12.3. The predicted molar refractivity (Wildman–Crippen MR) is 112 cm³/mol. The zero-order valence-electron chi connectivity index (χ0n) is 16.4. The van der Waals surface area contributed by atoms with E-state index < -0.39 is 0 Å². The lowest BCUT2D eigenvalue weighted by atomic mass is 10.1. The number of nitrogens with zero attached hydrogens (tertiary/aromatic N) is 1. The Kier molecular flexibility index (Phi) is 4.91. The third-order valence-corrected chi connectivity index (χ3v) is 4.65. The Bertz CT molecular complexity index is 1160. The van der Waals surface area contributed by atoms with Crippen LogP contribution in [-0.4, -0.2) is 18.0 Å². The fourth-order valence-corrected chi connectivity index (χ4v) is 2.96. The van der Waals surface area contributed by atoms with E-state index in [1.807, 2.05) is 32.0 Å². The Morgan fingerprint density at radius 2 is 1.97 bits per heavy atom. The average molecular weight is 388 g/mol. The summed E-state index contributed by atoms with van der Waals surface area (Å²) in [7, 11) is 1.55. The van der Waals surface area contributed by atoms with E-state index in [-0.39, 0.29) is 5.91 Å². The normalized spacial score (nSPS) is 11.3. The summed E-state index contributed by atoms with van der Waals surface area (Å²) in [5, 5.41) is 2.82. The number of carbonyl (C=O) groups is 1. The van der Waals surface area contributed by atoms with Crippen LogP contribution in [0, 0.1) is 13.8 Å². The van der Waals surface area contributed by atoms with Crippen molar-refractivity contribution in [1.29, 1.82) is 0 Å². The van der Waals surface area contributed by atoms with Crippen molar-refractivity contribution in [3.8, 4) is 17.2 Å². The van der Waals surface area contributed by atoms with E-state index in [4.69, 9.17) is 13.6 Å². The van der Waals surface area contributed by atoms with Crippen LogP contribution in [0.4, 0.5) is 5.69 Å². The first-order valence-corrected chi connectivity index (χ1v) is 9.12. The van der Waals surface area contributed by atoms with Crippen LogP contribution >= 0.6 is 0 Å². The van der Waals surface area contributed by atoms with Gasteiger partial charge in [0.1, 0.15) is 17.0 Å². The number of carbonyl (C=O) groups excluding carboxylic acids is 1. The number of ether oxygens (including phenoxy) is 1. The summed E-state index contributed by atoms with van der Waals surface area (Å²) in [4.78, 5) is 16.9. The van der Waals surface area contributed by atoms with Gasteiger partial charge in [0.25, 0.3) is 0 Å². The van der Waals surface area contributed by atoms with Crippen LogP contribution in [0.5, 0.6) is 5.75 Å². The number of methoxy groups -OCH3 is 1. The second kappa shape index (κ2) is 7.67. The van der Waals surface area contributed by atoms with Crippen LogP contribution in [-0.2, 0) is 4.79 Å². The number of nitrogens with one attached hydrogen (secondary N) is 1. The number of anilines is 1. The maximum atomic E-state index is 12.3. The number of aryl methyl sites for hydroxylation is 2. The van der Waals surface area contributed by atoms with E-state index in [0.29, 0.717) is 23.1 Å². The first-order valence-electron chi connectivity index (χ1n) is 9.12.